The van der Waals surface area contributed by atoms with Crippen LogP contribution in [0.25, 0.3) is 84.1 Å². The predicted octanol–water partition coefficient (Wildman–Crippen LogP) is 15.5. The monoisotopic (exact) mass is 709 g/mol. The largest absolute Gasteiger partial charge is 0.308 e. The second kappa shape index (κ2) is 12.2. The van der Waals surface area contributed by atoms with E-state index in [0.29, 0.717) is 0 Å². The summed E-state index contributed by atoms with van der Waals surface area (Å²) in [5.41, 5.74) is 8.34. The first kappa shape index (κ1) is 30.4. The molecule has 0 aliphatic rings. The van der Waals surface area contributed by atoms with Crippen LogP contribution in [0.3, 0.4) is 0 Å². The summed E-state index contributed by atoms with van der Waals surface area (Å²) in [6.07, 6.45) is 0. The highest BCUT2D eigenvalue weighted by atomic mass is 32.1. The number of thiophene rings is 2. The third kappa shape index (κ3) is 4.89. The second-order valence-corrected chi connectivity index (χ2v) is 15.8. The lowest BCUT2D eigenvalue weighted by molar-refractivity contribution is 1.32. The summed E-state index contributed by atoms with van der Waals surface area (Å²) in [5, 5.41) is 10.2. The first-order valence-corrected chi connectivity index (χ1v) is 19.6. The van der Waals surface area contributed by atoms with Gasteiger partial charge in [-0.2, -0.15) is 0 Å². The predicted molar refractivity (Wildman–Crippen MR) is 233 cm³/mol. The maximum Gasteiger partial charge on any atom is 0.0640 e. The van der Waals surface area contributed by atoms with E-state index in [9.17, 15) is 0 Å². The molecule has 0 saturated carbocycles. The topological polar surface area (TPSA) is 3.24 Å². The number of fused-ring (bicyclic) bond motifs is 9. The van der Waals surface area contributed by atoms with Crippen LogP contribution in [0.4, 0.5) is 17.1 Å². The number of anilines is 3. The zero-order valence-electron chi connectivity index (χ0n) is 28.7. The Morgan fingerprint density at radius 1 is 0.321 bits per heavy atom. The molecule has 0 amide bonds. The van der Waals surface area contributed by atoms with Crippen LogP contribution in [-0.2, 0) is 0 Å². The zero-order chi connectivity index (χ0) is 34.9. The minimum atomic E-state index is 1.13. The van der Waals surface area contributed by atoms with Gasteiger partial charge >= 0.3 is 0 Å². The molecule has 0 aliphatic heterocycles. The number of hydrogen-bond acceptors (Lipinski definition) is 3. The average molecular weight is 710 g/mol. The third-order valence-corrected chi connectivity index (χ3v) is 13.0. The van der Waals surface area contributed by atoms with Crippen LogP contribution in [-0.4, -0.2) is 0 Å². The summed E-state index contributed by atoms with van der Waals surface area (Å²) < 4.78 is 5.22. The Morgan fingerprint density at radius 2 is 0.962 bits per heavy atom. The molecule has 9 aromatic carbocycles. The summed E-state index contributed by atoms with van der Waals surface area (Å²) in [4.78, 5) is 2.51. The fourth-order valence-corrected chi connectivity index (χ4v) is 10.6. The van der Waals surface area contributed by atoms with E-state index in [1.54, 1.807) is 0 Å². The molecule has 0 N–H and O–H groups in total. The number of rotatable bonds is 5. The van der Waals surface area contributed by atoms with E-state index in [2.05, 4.69) is 193 Å². The van der Waals surface area contributed by atoms with Gasteiger partial charge in [0.15, 0.2) is 0 Å². The van der Waals surface area contributed by atoms with E-state index in [0.717, 1.165) is 5.69 Å². The molecular weight excluding hydrogens is 679 g/mol. The summed E-state index contributed by atoms with van der Waals surface area (Å²) >= 11 is 3.75. The van der Waals surface area contributed by atoms with Gasteiger partial charge in [0.25, 0.3) is 0 Å². The van der Waals surface area contributed by atoms with Gasteiger partial charge < -0.3 is 4.90 Å². The van der Waals surface area contributed by atoms with Gasteiger partial charge in [0, 0.05) is 46.7 Å². The SMILES string of the molecule is c1ccc(-c2cc(N(c3cc4ccccc4c4ccccc34)c3cccc4c3sc3ccccc34)ccc2-c2ccc3c(c2)sc2ccccc23)cc1. The van der Waals surface area contributed by atoms with Crippen molar-refractivity contribution in [2.75, 3.05) is 4.90 Å². The molecule has 11 rings (SSSR count). The van der Waals surface area contributed by atoms with E-state index in [4.69, 9.17) is 0 Å². The third-order valence-electron chi connectivity index (χ3n) is 10.6. The van der Waals surface area contributed by atoms with Crippen LogP contribution in [0.15, 0.2) is 188 Å². The van der Waals surface area contributed by atoms with Crippen molar-refractivity contribution < 1.29 is 0 Å². The van der Waals surface area contributed by atoms with Gasteiger partial charge in [0.1, 0.15) is 0 Å². The van der Waals surface area contributed by atoms with Crippen LogP contribution in [0, 0.1) is 0 Å². The van der Waals surface area contributed by atoms with E-state index >= 15 is 0 Å². The van der Waals surface area contributed by atoms with Gasteiger partial charge in [-0.25, -0.2) is 0 Å². The van der Waals surface area contributed by atoms with Crippen LogP contribution < -0.4 is 4.90 Å². The van der Waals surface area contributed by atoms with E-state index in [-0.39, 0.29) is 0 Å². The molecule has 0 bridgehead atoms. The number of hydrogen-bond donors (Lipinski definition) is 0. The molecule has 0 fully saturated rings. The molecule has 3 heteroatoms. The highest BCUT2D eigenvalue weighted by Gasteiger charge is 2.22. The molecule has 0 spiro atoms. The molecule has 0 radical (unpaired) electrons. The lowest BCUT2D eigenvalue weighted by Gasteiger charge is -2.29. The Morgan fingerprint density at radius 3 is 1.79 bits per heavy atom. The van der Waals surface area contributed by atoms with Crippen molar-refractivity contribution in [1.82, 2.24) is 0 Å². The fourth-order valence-electron chi connectivity index (χ4n) is 8.21. The molecule has 1 nitrogen and oxygen atoms in total. The van der Waals surface area contributed by atoms with E-state index < -0.39 is 0 Å². The molecule has 11 aromatic rings. The van der Waals surface area contributed by atoms with Gasteiger partial charge in [0.2, 0.25) is 0 Å². The van der Waals surface area contributed by atoms with E-state index in [1.807, 2.05) is 22.7 Å². The van der Waals surface area contributed by atoms with Gasteiger partial charge in [-0.1, -0.05) is 146 Å². The van der Waals surface area contributed by atoms with Crippen molar-refractivity contribution in [2.24, 2.45) is 0 Å². The minimum absolute atomic E-state index is 1.13. The van der Waals surface area contributed by atoms with Gasteiger partial charge in [0.05, 0.1) is 16.1 Å². The molecule has 0 atom stereocenters. The van der Waals surface area contributed by atoms with Crippen molar-refractivity contribution in [3.63, 3.8) is 0 Å². The highest BCUT2D eigenvalue weighted by molar-refractivity contribution is 7.26. The van der Waals surface area contributed by atoms with Crippen molar-refractivity contribution in [1.29, 1.82) is 0 Å². The van der Waals surface area contributed by atoms with Crippen LogP contribution >= 0.6 is 22.7 Å². The second-order valence-electron chi connectivity index (χ2n) is 13.7. The van der Waals surface area contributed by atoms with Gasteiger partial charge in [-0.05, 0) is 80.9 Å². The average Bonchev–Trinajstić information content (AvgIpc) is 3.80. The summed E-state index contributed by atoms with van der Waals surface area (Å²) in [6, 6.07) is 69.3. The van der Waals surface area contributed by atoms with Crippen molar-refractivity contribution in [3.8, 4) is 22.3 Å². The summed E-state index contributed by atoms with van der Waals surface area (Å²) in [5.74, 6) is 0. The number of nitrogens with zero attached hydrogens (tertiary/aromatic N) is 1. The number of benzene rings is 9. The highest BCUT2D eigenvalue weighted by Crippen LogP contribution is 2.49. The Kier molecular flexibility index (Phi) is 6.97. The first-order chi connectivity index (χ1) is 26.3. The molecule has 248 valence electrons. The molecule has 0 saturated heterocycles. The molecule has 2 heterocycles. The first-order valence-electron chi connectivity index (χ1n) is 18.0. The smallest absolute Gasteiger partial charge is 0.0640 e. The quantitative estimate of drug-likeness (QED) is 0.161. The van der Waals surface area contributed by atoms with Crippen LogP contribution in [0.2, 0.25) is 0 Å². The molecule has 53 heavy (non-hydrogen) atoms. The van der Waals surface area contributed by atoms with Crippen LogP contribution in [0.5, 0.6) is 0 Å². The van der Waals surface area contributed by atoms with Crippen molar-refractivity contribution in [3.05, 3.63) is 188 Å². The molecule has 2 aromatic heterocycles. The maximum absolute atomic E-state index is 2.51. The van der Waals surface area contributed by atoms with Crippen molar-refractivity contribution >= 4 is 102 Å². The van der Waals surface area contributed by atoms with Gasteiger partial charge in [-0.15, -0.1) is 22.7 Å². The zero-order valence-corrected chi connectivity index (χ0v) is 30.3. The van der Waals surface area contributed by atoms with Crippen LogP contribution in [0.1, 0.15) is 0 Å². The standard InChI is InChI=1S/C50H31NS2/c1-2-13-32(14-3-1)44-31-35(26-28-37(44)34-25-27-42-40-19-8-10-23-47(40)52-49(42)30-34)51(45-22-12-21-43-41-20-9-11-24-48(41)53-50(43)45)46-29-33-15-4-5-16-36(33)38-17-6-7-18-39(38)46/h1-31H. The minimum Gasteiger partial charge on any atom is -0.308 e. The fraction of sp³-hybridized carbons (Fsp3) is 0. The Balaban J connectivity index is 1.20. The lowest BCUT2D eigenvalue weighted by atomic mass is 9.92. The maximum atomic E-state index is 2.51. The normalized spacial score (nSPS) is 11.8. The Bertz CT molecular complexity index is 3190. The Hall–Kier alpha value is -6.26. The molecule has 0 aliphatic carbocycles. The Labute approximate surface area is 315 Å². The summed E-state index contributed by atoms with van der Waals surface area (Å²) in [6.45, 7) is 0. The van der Waals surface area contributed by atoms with Crippen molar-refractivity contribution in [2.45, 2.75) is 0 Å². The lowest BCUT2D eigenvalue weighted by Crippen LogP contribution is -2.11. The summed E-state index contributed by atoms with van der Waals surface area (Å²) in [7, 11) is 0. The van der Waals surface area contributed by atoms with Gasteiger partial charge in [-0.3, -0.25) is 0 Å². The van der Waals surface area contributed by atoms with E-state index in [1.165, 1.54) is 95.5 Å². The molecule has 0 unspecified atom stereocenters. The molecular formula is C50H31NS2.